The molecule has 55 valence electrons. The van der Waals surface area contributed by atoms with Gasteiger partial charge < -0.3 is 5.43 Å². The third kappa shape index (κ3) is 2.13. The van der Waals surface area contributed by atoms with Gasteiger partial charge in [-0.25, -0.2) is 0 Å². The van der Waals surface area contributed by atoms with E-state index in [1.807, 2.05) is 23.0 Å². The first kappa shape index (κ1) is 7.19. The van der Waals surface area contributed by atoms with Crippen LogP contribution in [0.3, 0.4) is 0 Å². The predicted molar refractivity (Wildman–Crippen MR) is 42.4 cm³/mol. The predicted octanol–water partition coefficient (Wildman–Crippen LogP) is 1.63. The number of nitrogens with one attached hydrogen (secondary N) is 1. The molecule has 0 unspecified atom stereocenters. The van der Waals surface area contributed by atoms with Gasteiger partial charge in [-0.1, -0.05) is 13.3 Å². The van der Waals surface area contributed by atoms with Crippen molar-refractivity contribution < 1.29 is 0 Å². The fraction of sp³-hybridized carbons (Fsp3) is 0.500. The zero-order chi connectivity index (χ0) is 7.23. The zero-order valence-electron chi connectivity index (χ0n) is 6.30. The molecule has 0 aliphatic carbocycles. The molecule has 0 atom stereocenters. The van der Waals surface area contributed by atoms with Gasteiger partial charge in [0.1, 0.15) is 0 Å². The van der Waals surface area contributed by atoms with Crippen molar-refractivity contribution in [2.45, 2.75) is 19.8 Å². The van der Waals surface area contributed by atoms with E-state index < -0.39 is 0 Å². The molecule has 0 saturated carbocycles. The van der Waals surface area contributed by atoms with E-state index in [1.165, 1.54) is 12.8 Å². The summed E-state index contributed by atoms with van der Waals surface area (Å²) in [5.74, 6) is 0. The molecule has 0 saturated heterocycles. The maximum Gasteiger partial charge on any atom is 0.0876 e. The smallest absolute Gasteiger partial charge is 0.0876 e. The summed E-state index contributed by atoms with van der Waals surface area (Å²) < 4.78 is 1.86. The van der Waals surface area contributed by atoms with Gasteiger partial charge in [0.05, 0.1) is 6.20 Å². The van der Waals surface area contributed by atoms with Crippen molar-refractivity contribution in [3.63, 3.8) is 0 Å². The number of nitrogens with zero attached hydrogens (tertiary/aromatic N) is 1. The Labute approximate surface area is 61.8 Å². The maximum atomic E-state index is 3.19. The Morgan fingerprint density at radius 2 is 2.50 bits per heavy atom. The Bertz CT molecular complexity index is 156. The van der Waals surface area contributed by atoms with Crippen LogP contribution < -0.4 is 5.43 Å². The molecule has 0 amide bonds. The zero-order valence-corrected chi connectivity index (χ0v) is 6.30. The van der Waals surface area contributed by atoms with E-state index in [1.54, 1.807) is 0 Å². The molecule has 10 heavy (non-hydrogen) atoms. The van der Waals surface area contributed by atoms with Crippen LogP contribution in [0.2, 0.25) is 0 Å². The summed E-state index contributed by atoms with van der Waals surface area (Å²) in [5, 5.41) is 0. The highest BCUT2D eigenvalue weighted by Gasteiger charge is 1.84. The molecule has 0 aliphatic heterocycles. The van der Waals surface area contributed by atoms with Crippen LogP contribution in [0.25, 0.3) is 0 Å². The van der Waals surface area contributed by atoms with Gasteiger partial charge in [-0.05, 0) is 18.6 Å². The highest BCUT2D eigenvalue weighted by Crippen LogP contribution is 1.87. The summed E-state index contributed by atoms with van der Waals surface area (Å²) >= 11 is 0. The van der Waals surface area contributed by atoms with Gasteiger partial charge in [-0.15, -0.1) is 0 Å². The van der Waals surface area contributed by atoms with Crippen LogP contribution in [0.4, 0.5) is 0 Å². The first-order valence-electron chi connectivity index (χ1n) is 3.72. The van der Waals surface area contributed by atoms with Gasteiger partial charge in [-0.2, -0.15) is 0 Å². The van der Waals surface area contributed by atoms with Crippen molar-refractivity contribution >= 4 is 0 Å². The van der Waals surface area contributed by atoms with Crippen molar-refractivity contribution in [3.8, 4) is 0 Å². The SMILES string of the molecule is CCCCNn1[c]ccc1. The van der Waals surface area contributed by atoms with Gasteiger partial charge in [0.25, 0.3) is 0 Å². The average Bonchev–Trinajstić information content (AvgIpc) is 2.41. The van der Waals surface area contributed by atoms with Crippen molar-refractivity contribution in [2.24, 2.45) is 0 Å². The van der Waals surface area contributed by atoms with Crippen molar-refractivity contribution in [1.82, 2.24) is 4.68 Å². The summed E-state index contributed by atoms with van der Waals surface area (Å²) in [7, 11) is 0. The molecular formula is C8H13N2. The summed E-state index contributed by atoms with van der Waals surface area (Å²) in [6.07, 6.45) is 7.40. The summed E-state index contributed by atoms with van der Waals surface area (Å²) in [6, 6.07) is 3.85. The molecule has 1 radical (unpaired) electrons. The van der Waals surface area contributed by atoms with E-state index in [-0.39, 0.29) is 0 Å². The molecule has 0 fully saturated rings. The quantitative estimate of drug-likeness (QED) is 0.624. The van der Waals surface area contributed by atoms with Gasteiger partial charge in [0.15, 0.2) is 0 Å². The number of unbranched alkanes of at least 4 members (excludes halogenated alkanes) is 1. The lowest BCUT2D eigenvalue weighted by Gasteiger charge is -2.04. The Morgan fingerprint density at radius 3 is 3.10 bits per heavy atom. The normalized spacial score (nSPS) is 9.70. The molecule has 0 spiro atoms. The fourth-order valence-corrected chi connectivity index (χ4v) is 0.770. The van der Waals surface area contributed by atoms with Crippen LogP contribution in [-0.2, 0) is 0 Å². The van der Waals surface area contributed by atoms with Gasteiger partial charge in [-0.3, -0.25) is 4.68 Å². The minimum atomic E-state index is 1.03. The summed E-state index contributed by atoms with van der Waals surface area (Å²) in [6.45, 7) is 3.21. The molecular weight excluding hydrogens is 124 g/mol. The maximum absolute atomic E-state index is 3.19. The average molecular weight is 137 g/mol. The second kappa shape index (κ2) is 3.99. The molecule has 0 bridgehead atoms. The molecule has 1 N–H and O–H groups in total. The molecule has 2 nitrogen and oxygen atoms in total. The standard InChI is InChI=1S/C8H13N2/c1-2-3-6-9-10-7-4-5-8-10/h4-5,7,9H,2-3,6H2,1H3. The van der Waals surface area contributed by atoms with Crippen LogP contribution in [0.5, 0.6) is 0 Å². The van der Waals surface area contributed by atoms with Gasteiger partial charge in [0, 0.05) is 12.7 Å². The van der Waals surface area contributed by atoms with Crippen molar-refractivity contribution in [3.05, 3.63) is 24.5 Å². The second-order valence-corrected chi connectivity index (χ2v) is 2.27. The molecule has 2 heteroatoms. The highest BCUT2D eigenvalue weighted by atomic mass is 15.4. The second-order valence-electron chi connectivity index (χ2n) is 2.27. The van der Waals surface area contributed by atoms with E-state index in [0.717, 1.165) is 6.54 Å². The summed E-state index contributed by atoms with van der Waals surface area (Å²) in [5.41, 5.74) is 3.19. The Hall–Kier alpha value is -0.920. The third-order valence-electron chi connectivity index (χ3n) is 1.36. The lowest BCUT2D eigenvalue weighted by Crippen LogP contribution is -2.13. The first-order valence-corrected chi connectivity index (χ1v) is 3.72. The Morgan fingerprint density at radius 1 is 1.60 bits per heavy atom. The number of hydrogen-bond donors (Lipinski definition) is 1. The minimum Gasteiger partial charge on any atom is -0.326 e. The lowest BCUT2D eigenvalue weighted by atomic mass is 10.3. The number of aromatic nitrogens is 1. The third-order valence-corrected chi connectivity index (χ3v) is 1.36. The van der Waals surface area contributed by atoms with Crippen LogP contribution in [0, 0.1) is 6.20 Å². The fourth-order valence-electron chi connectivity index (χ4n) is 0.770. The molecule has 1 aromatic heterocycles. The van der Waals surface area contributed by atoms with E-state index in [2.05, 4.69) is 18.5 Å². The topological polar surface area (TPSA) is 17.0 Å². The Kier molecular flexibility index (Phi) is 2.87. The lowest BCUT2D eigenvalue weighted by molar-refractivity contribution is 0.752. The number of rotatable bonds is 4. The molecule has 0 aliphatic rings. The molecule has 0 aromatic carbocycles. The van der Waals surface area contributed by atoms with E-state index in [0.29, 0.717) is 0 Å². The van der Waals surface area contributed by atoms with E-state index in [4.69, 9.17) is 0 Å². The van der Waals surface area contributed by atoms with Crippen molar-refractivity contribution in [1.29, 1.82) is 0 Å². The highest BCUT2D eigenvalue weighted by molar-refractivity contribution is 4.91. The van der Waals surface area contributed by atoms with Gasteiger partial charge >= 0.3 is 0 Å². The van der Waals surface area contributed by atoms with Crippen LogP contribution >= 0.6 is 0 Å². The van der Waals surface area contributed by atoms with Crippen LogP contribution in [-0.4, -0.2) is 11.2 Å². The monoisotopic (exact) mass is 137 g/mol. The molecule has 1 heterocycles. The first-order chi connectivity index (χ1) is 4.93. The van der Waals surface area contributed by atoms with Gasteiger partial charge in [0.2, 0.25) is 0 Å². The van der Waals surface area contributed by atoms with E-state index in [9.17, 15) is 0 Å². The summed E-state index contributed by atoms with van der Waals surface area (Å²) in [4.78, 5) is 0. The van der Waals surface area contributed by atoms with Crippen LogP contribution in [0.15, 0.2) is 18.3 Å². The molecule has 1 rings (SSSR count). The minimum absolute atomic E-state index is 1.03. The van der Waals surface area contributed by atoms with Crippen LogP contribution in [0.1, 0.15) is 19.8 Å². The largest absolute Gasteiger partial charge is 0.326 e. The Balaban J connectivity index is 2.15. The number of hydrogen-bond acceptors (Lipinski definition) is 1. The van der Waals surface area contributed by atoms with Crippen molar-refractivity contribution in [2.75, 3.05) is 12.0 Å². The molecule has 1 aromatic rings. The van der Waals surface area contributed by atoms with E-state index >= 15 is 0 Å².